The Morgan fingerprint density at radius 2 is 1.94 bits per heavy atom. The predicted molar refractivity (Wildman–Crippen MR) is 67.0 cm³/mol. The fourth-order valence-corrected chi connectivity index (χ4v) is 3.73. The molecule has 0 aromatic heterocycles. The van der Waals surface area contributed by atoms with Crippen molar-refractivity contribution >= 4 is 10.0 Å². The third-order valence-electron chi connectivity index (χ3n) is 2.88. The first-order valence-corrected chi connectivity index (χ1v) is 7.93. The van der Waals surface area contributed by atoms with E-state index in [2.05, 4.69) is 12.2 Å². The van der Waals surface area contributed by atoms with Crippen molar-refractivity contribution in [3.05, 3.63) is 0 Å². The van der Waals surface area contributed by atoms with E-state index in [9.17, 15) is 8.42 Å². The predicted octanol–water partition coefficient (Wildman–Crippen LogP) is 1.19. The molecule has 1 rings (SSSR count). The molecule has 1 aliphatic carbocycles. The number of hydrogen-bond donors (Lipinski definition) is 1. The van der Waals surface area contributed by atoms with Crippen molar-refractivity contribution in [2.45, 2.75) is 45.6 Å². The highest BCUT2D eigenvalue weighted by molar-refractivity contribution is 7.89. The van der Waals surface area contributed by atoms with Gasteiger partial charge in [-0.25, -0.2) is 8.42 Å². The normalized spacial score (nSPS) is 16.9. The van der Waals surface area contributed by atoms with Crippen molar-refractivity contribution in [3.8, 4) is 0 Å². The summed E-state index contributed by atoms with van der Waals surface area (Å²) in [6.45, 7) is 6.48. The highest BCUT2D eigenvalue weighted by Gasteiger charge is 2.35. The molecule has 0 aliphatic heterocycles. The molecule has 0 radical (unpaired) electrons. The first-order valence-electron chi connectivity index (χ1n) is 6.32. The Morgan fingerprint density at radius 1 is 1.25 bits per heavy atom. The summed E-state index contributed by atoms with van der Waals surface area (Å²) < 4.78 is 25.6. The zero-order valence-corrected chi connectivity index (χ0v) is 11.2. The Bertz CT molecular complexity index is 286. The van der Waals surface area contributed by atoms with Gasteiger partial charge >= 0.3 is 0 Å². The Labute approximate surface area is 99.5 Å². The number of rotatable bonds is 9. The Morgan fingerprint density at radius 3 is 2.44 bits per heavy atom. The quantitative estimate of drug-likeness (QED) is 0.624. The van der Waals surface area contributed by atoms with Crippen molar-refractivity contribution in [2.75, 3.05) is 25.4 Å². The van der Waals surface area contributed by atoms with Crippen LogP contribution in [0.1, 0.15) is 39.5 Å². The lowest BCUT2D eigenvalue weighted by atomic mass is 10.3. The Kier molecular flexibility index (Phi) is 5.72. The van der Waals surface area contributed by atoms with Gasteiger partial charge in [-0.2, -0.15) is 4.31 Å². The molecular weight excluding hydrogens is 224 g/mol. The van der Waals surface area contributed by atoms with Gasteiger partial charge in [-0.15, -0.1) is 0 Å². The minimum Gasteiger partial charge on any atom is -0.317 e. The molecule has 1 aliphatic rings. The Balaban J connectivity index is 2.27. The largest absolute Gasteiger partial charge is 0.317 e. The maximum Gasteiger partial charge on any atom is 0.214 e. The van der Waals surface area contributed by atoms with Crippen molar-refractivity contribution in [3.63, 3.8) is 0 Å². The van der Waals surface area contributed by atoms with Gasteiger partial charge in [0.05, 0.1) is 5.75 Å². The van der Waals surface area contributed by atoms with Crippen molar-refractivity contribution < 1.29 is 8.42 Å². The number of nitrogens with one attached hydrogen (secondary N) is 1. The molecule has 0 bridgehead atoms. The van der Waals surface area contributed by atoms with Gasteiger partial charge in [0.15, 0.2) is 0 Å². The molecule has 0 heterocycles. The molecule has 96 valence electrons. The molecule has 0 aromatic rings. The van der Waals surface area contributed by atoms with Crippen LogP contribution in [0.25, 0.3) is 0 Å². The van der Waals surface area contributed by atoms with E-state index >= 15 is 0 Å². The monoisotopic (exact) mass is 248 g/mol. The van der Waals surface area contributed by atoms with Crippen LogP contribution in [0, 0.1) is 0 Å². The zero-order chi connectivity index (χ0) is 12.0. The van der Waals surface area contributed by atoms with Crippen molar-refractivity contribution in [1.82, 2.24) is 9.62 Å². The van der Waals surface area contributed by atoms with Crippen LogP contribution in [0.2, 0.25) is 0 Å². The average molecular weight is 248 g/mol. The van der Waals surface area contributed by atoms with E-state index < -0.39 is 10.0 Å². The van der Waals surface area contributed by atoms with E-state index in [0.29, 0.717) is 18.3 Å². The van der Waals surface area contributed by atoms with Crippen LogP contribution in [-0.2, 0) is 10.0 Å². The van der Waals surface area contributed by atoms with Crippen molar-refractivity contribution in [2.24, 2.45) is 0 Å². The summed E-state index contributed by atoms with van der Waals surface area (Å²) in [6.07, 6.45) is 3.79. The van der Waals surface area contributed by atoms with Crippen LogP contribution in [0.3, 0.4) is 0 Å². The lowest BCUT2D eigenvalue weighted by Gasteiger charge is -2.19. The number of nitrogens with zero attached hydrogens (tertiary/aromatic N) is 1. The van der Waals surface area contributed by atoms with Gasteiger partial charge in [-0.3, -0.25) is 0 Å². The van der Waals surface area contributed by atoms with E-state index in [0.717, 1.165) is 38.8 Å². The smallest absolute Gasteiger partial charge is 0.214 e. The Hall–Kier alpha value is -0.130. The molecule has 0 atom stereocenters. The van der Waals surface area contributed by atoms with Crippen LogP contribution in [0.4, 0.5) is 0 Å². The average Bonchev–Trinajstić information content (AvgIpc) is 3.02. The minimum absolute atomic E-state index is 0.308. The fourth-order valence-electron chi connectivity index (χ4n) is 1.87. The molecule has 0 amide bonds. The lowest BCUT2D eigenvalue weighted by molar-refractivity contribution is 0.419. The molecule has 1 fully saturated rings. The van der Waals surface area contributed by atoms with Gasteiger partial charge in [0, 0.05) is 12.6 Å². The maximum absolute atomic E-state index is 12.0. The molecule has 0 spiro atoms. The minimum atomic E-state index is -2.99. The molecule has 1 N–H and O–H groups in total. The first-order chi connectivity index (χ1) is 7.61. The molecule has 5 heteroatoms. The summed E-state index contributed by atoms with van der Waals surface area (Å²) in [6, 6.07) is 0.309. The van der Waals surface area contributed by atoms with E-state index in [1.54, 1.807) is 4.31 Å². The molecule has 0 unspecified atom stereocenters. The summed E-state index contributed by atoms with van der Waals surface area (Å²) in [4.78, 5) is 0. The van der Waals surface area contributed by atoms with Crippen LogP contribution in [-0.4, -0.2) is 44.2 Å². The van der Waals surface area contributed by atoms with Crippen LogP contribution in [0.15, 0.2) is 0 Å². The number of unbranched alkanes of at least 4 members (excludes halogenated alkanes) is 1. The second-order valence-corrected chi connectivity index (χ2v) is 6.35. The maximum atomic E-state index is 12.0. The van der Waals surface area contributed by atoms with Gasteiger partial charge in [-0.1, -0.05) is 13.8 Å². The summed E-state index contributed by atoms with van der Waals surface area (Å²) in [5.74, 6) is 0.308. The van der Waals surface area contributed by atoms with Gasteiger partial charge in [0.25, 0.3) is 0 Å². The first kappa shape index (κ1) is 13.9. The third kappa shape index (κ3) is 4.39. The lowest BCUT2D eigenvalue weighted by Crippen LogP contribution is -2.34. The molecule has 0 saturated heterocycles. The van der Waals surface area contributed by atoms with Crippen LogP contribution >= 0.6 is 0 Å². The van der Waals surface area contributed by atoms with Gasteiger partial charge in [0.1, 0.15) is 0 Å². The summed E-state index contributed by atoms with van der Waals surface area (Å²) in [5, 5.41) is 3.20. The van der Waals surface area contributed by atoms with Crippen LogP contribution in [0.5, 0.6) is 0 Å². The van der Waals surface area contributed by atoms with Gasteiger partial charge in [-0.05, 0) is 38.8 Å². The SMILES string of the molecule is CCNCCCCS(=O)(=O)N(CC)C1CC1. The molecule has 0 aromatic carbocycles. The van der Waals surface area contributed by atoms with Crippen LogP contribution < -0.4 is 5.32 Å². The van der Waals surface area contributed by atoms with E-state index in [-0.39, 0.29) is 0 Å². The van der Waals surface area contributed by atoms with Gasteiger partial charge < -0.3 is 5.32 Å². The summed E-state index contributed by atoms with van der Waals surface area (Å²) in [5.41, 5.74) is 0. The van der Waals surface area contributed by atoms with Gasteiger partial charge in [0.2, 0.25) is 10.0 Å². The van der Waals surface area contributed by atoms with E-state index in [1.165, 1.54) is 0 Å². The molecule has 16 heavy (non-hydrogen) atoms. The van der Waals surface area contributed by atoms with Crippen molar-refractivity contribution in [1.29, 1.82) is 0 Å². The fraction of sp³-hybridized carbons (Fsp3) is 1.00. The highest BCUT2D eigenvalue weighted by Crippen LogP contribution is 2.29. The highest BCUT2D eigenvalue weighted by atomic mass is 32.2. The zero-order valence-electron chi connectivity index (χ0n) is 10.4. The molecule has 1 saturated carbocycles. The van der Waals surface area contributed by atoms with E-state index in [1.807, 2.05) is 6.92 Å². The summed E-state index contributed by atoms with van der Waals surface area (Å²) in [7, 11) is -2.99. The van der Waals surface area contributed by atoms with E-state index in [4.69, 9.17) is 0 Å². The third-order valence-corrected chi connectivity index (χ3v) is 4.95. The second-order valence-electron chi connectivity index (χ2n) is 4.31. The number of sulfonamides is 1. The summed E-state index contributed by atoms with van der Waals surface area (Å²) >= 11 is 0. The second kappa shape index (κ2) is 6.57. The molecular formula is C11H24N2O2S. The molecule has 4 nitrogen and oxygen atoms in total. The number of hydrogen-bond acceptors (Lipinski definition) is 3. The topological polar surface area (TPSA) is 49.4 Å². The standard InChI is InChI=1S/C11H24N2O2S/c1-3-12-9-5-6-10-16(14,15)13(4-2)11-7-8-11/h11-12H,3-10H2,1-2H3.